The fraction of sp³-hybridized carbons (Fsp3) is 0.0517. The number of nitrogens with zero attached hydrogens (tertiary/aromatic N) is 3. The number of para-hydroxylation sites is 2. The van der Waals surface area contributed by atoms with Gasteiger partial charge in [-0.1, -0.05) is 166 Å². The summed E-state index contributed by atoms with van der Waals surface area (Å²) in [5.74, 6) is 0. The van der Waals surface area contributed by atoms with Crippen LogP contribution in [-0.4, -0.2) is 15.0 Å². The molecule has 12 aromatic rings. The number of aromatic nitrogens is 3. The molecule has 13 rings (SSSR count). The van der Waals surface area contributed by atoms with Gasteiger partial charge in [0.05, 0.1) is 33.6 Å². The van der Waals surface area contributed by atoms with Crippen LogP contribution in [0.25, 0.3) is 121 Å². The maximum Gasteiger partial charge on any atom is 0.143 e. The van der Waals surface area contributed by atoms with Crippen LogP contribution in [0.4, 0.5) is 0 Å². The van der Waals surface area contributed by atoms with Gasteiger partial charge in [0.25, 0.3) is 0 Å². The molecule has 0 atom stereocenters. The average Bonchev–Trinajstić information content (AvgIpc) is 3.83. The predicted octanol–water partition coefficient (Wildman–Crippen LogP) is 15.4. The van der Waals surface area contributed by atoms with Crippen LogP contribution in [0.1, 0.15) is 25.0 Å². The van der Waals surface area contributed by atoms with Crippen molar-refractivity contribution in [3.63, 3.8) is 0 Å². The lowest BCUT2D eigenvalue weighted by Crippen LogP contribution is -2.14. The Hall–Kier alpha value is -7.95. The highest BCUT2D eigenvalue weighted by Gasteiger charge is 2.35. The average molecular weight is 792 g/mol. The molecule has 0 saturated carbocycles. The van der Waals surface area contributed by atoms with E-state index in [0.717, 1.165) is 110 Å². The molecule has 0 spiro atoms. The van der Waals surface area contributed by atoms with Crippen molar-refractivity contribution < 1.29 is 4.42 Å². The van der Waals surface area contributed by atoms with E-state index in [0.29, 0.717) is 0 Å². The third-order valence-corrected chi connectivity index (χ3v) is 13.2. The zero-order valence-electron chi connectivity index (χ0n) is 34.1. The van der Waals surface area contributed by atoms with Gasteiger partial charge in [-0.05, 0) is 64.2 Å². The van der Waals surface area contributed by atoms with Crippen molar-refractivity contribution in [3.8, 4) is 56.0 Å². The van der Waals surface area contributed by atoms with Crippen LogP contribution in [0.2, 0.25) is 0 Å². The maximum absolute atomic E-state index is 6.87. The second kappa shape index (κ2) is 13.0. The first-order valence-corrected chi connectivity index (χ1v) is 21.3. The normalized spacial score (nSPS) is 13.1. The van der Waals surface area contributed by atoms with Crippen molar-refractivity contribution in [1.82, 2.24) is 15.0 Å². The highest BCUT2D eigenvalue weighted by Crippen LogP contribution is 2.51. The van der Waals surface area contributed by atoms with Gasteiger partial charge in [0.2, 0.25) is 0 Å². The van der Waals surface area contributed by atoms with Crippen molar-refractivity contribution >= 4 is 65.4 Å². The Morgan fingerprint density at radius 2 is 1.00 bits per heavy atom. The highest BCUT2D eigenvalue weighted by molar-refractivity contribution is 6.30. The van der Waals surface area contributed by atoms with Crippen LogP contribution in [-0.2, 0) is 5.41 Å². The number of furan rings is 1. The fourth-order valence-electron chi connectivity index (χ4n) is 10.1. The standard InChI is InChI=1S/C58H37N3O/c1-58(2)46-17-9-6-14-40(46)41-29-26-39(32-47(41)58)54-45-33-44(57-53(43-16-8-11-19-51(43)62-57)52(45)42-15-7-10-18-50(42)61-54)34-20-22-36(23-21-34)49-31-28-38-25-24-37-27-30-48(35-12-4-3-5-13-35)59-55(37)56(38)60-49/h3-33H,1-2H3. The lowest BCUT2D eigenvalue weighted by atomic mass is 9.81. The molecule has 4 heterocycles. The topological polar surface area (TPSA) is 51.8 Å². The molecule has 0 aliphatic heterocycles. The molecule has 0 amide bonds. The highest BCUT2D eigenvalue weighted by atomic mass is 16.3. The summed E-state index contributed by atoms with van der Waals surface area (Å²) in [7, 11) is 0. The third kappa shape index (κ3) is 5.10. The molecule has 4 heteroatoms. The number of pyridine rings is 3. The van der Waals surface area contributed by atoms with E-state index in [4.69, 9.17) is 19.4 Å². The smallest absolute Gasteiger partial charge is 0.143 e. The van der Waals surface area contributed by atoms with Crippen LogP contribution in [0.15, 0.2) is 192 Å². The number of benzene rings is 8. The molecular formula is C58H37N3O. The number of hydrogen-bond acceptors (Lipinski definition) is 4. The molecule has 8 aromatic carbocycles. The fourth-order valence-corrected chi connectivity index (χ4v) is 10.1. The van der Waals surface area contributed by atoms with Crippen LogP contribution in [0, 0.1) is 0 Å². The molecular weight excluding hydrogens is 755 g/mol. The van der Waals surface area contributed by atoms with Gasteiger partial charge < -0.3 is 4.42 Å². The number of rotatable bonds is 4. The SMILES string of the molecule is CC1(C)c2ccccc2-c2ccc(-c3nc4ccccc4c4c3cc(-c3ccc(-c5ccc6ccc7ccc(-c8ccccc8)nc7c6n5)cc3)c3oc5ccccc5c34)cc21. The zero-order chi connectivity index (χ0) is 41.1. The molecule has 290 valence electrons. The molecule has 4 nitrogen and oxygen atoms in total. The van der Waals surface area contributed by atoms with E-state index in [-0.39, 0.29) is 5.41 Å². The first kappa shape index (κ1) is 34.9. The summed E-state index contributed by atoms with van der Waals surface area (Å²) < 4.78 is 6.87. The Morgan fingerprint density at radius 3 is 1.77 bits per heavy atom. The second-order valence-electron chi connectivity index (χ2n) is 17.1. The zero-order valence-corrected chi connectivity index (χ0v) is 34.1. The van der Waals surface area contributed by atoms with Gasteiger partial charge in [0, 0.05) is 65.4 Å². The summed E-state index contributed by atoms with van der Waals surface area (Å²) in [6, 6.07) is 66.9. The first-order chi connectivity index (χ1) is 30.5. The lowest BCUT2D eigenvalue weighted by Gasteiger charge is -2.22. The van der Waals surface area contributed by atoms with E-state index >= 15 is 0 Å². The molecule has 0 radical (unpaired) electrons. The molecule has 62 heavy (non-hydrogen) atoms. The Kier molecular flexibility index (Phi) is 7.32. The Bertz CT molecular complexity index is 3830. The van der Waals surface area contributed by atoms with E-state index in [1.807, 2.05) is 18.2 Å². The molecule has 0 unspecified atom stereocenters. The first-order valence-electron chi connectivity index (χ1n) is 21.3. The van der Waals surface area contributed by atoms with Crippen molar-refractivity contribution in [3.05, 3.63) is 199 Å². The summed E-state index contributed by atoms with van der Waals surface area (Å²) in [5, 5.41) is 7.70. The van der Waals surface area contributed by atoms with E-state index in [9.17, 15) is 0 Å². The molecule has 0 bridgehead atoms. The quantitative estimate of drug-likeness (QED) is 0.167. The van der Waals surface area contributed by atoms with Crippen LogP contribution < -0.4 is 0 Å². The monoisotopic (exact) mass is 791 g/mol. The molecule has 1 aliphatic carbocycles. The lowest BCUT2D eigenvalue weighted by molar-refractivity contribution is 0.660. The van der Waals surface area contributed by atoms with Gasteiger partial charge >= 0.3 is 0 Å². The number of hydrogen-bond donors (Lipinski definition) is 0. The van der Waals surface area contributed by atoms with Crippen LogP contribution in [0.5, 0.6) is 0 Å². The van der Waals surface area contributed by atoms with E-state index in [1.165, 1.54) is 22.3 Å². The molecule has 0 N–H and O–H groups in total. The molecule has 0 saturated heterocycles. The largest absolute Gasteiger partial charge is 0.455 e. The minimum atomic E-state index is -0.135. The Morgan fingerprint density at radius 1 is 0.403 bits per heavy atom. The minimum Gasteiger partial charge on any atom is -0.455 e. The van der Waals surface area contributed by atoms with Gasteiger partial charge in [0.15, 0.2) is 0 Å². The predicted molar refractivity (Wildman–Crippen MR) is 256 cm³/mol. The Balaban J connectivity index is 1.00. The summed E-state index contributed by atoms with van der Waals surface area (Å²) >= 11 is 0. The molecule has 1 aliphatic rings. The molecule has 0 fully saturated rings. The maximum atomic E-state index is 6.87. The summed E-state index contributed by atoms with van der Waals surface area (Å²) in [4.78, 5) is 15.9. The van der Waals surface area contributed by atoms with Crippen molar-refractivity contribution in [2.75, 3.05) is 0 Å². The van der Waals surface area contributed by atoms with Crippen molar-refractivity contribution in [2.24, 2.45) is 0 Å². The summed E-state index contributed by atoms with van der Waals surface area (Å²) in [6.07, 6.45) is 0. The summed E-state index contributed by atoms with van der Waals surface area (Å²) in [6.45, 7) is 4.68. The van der Waals surface area contributed by atoms with E-state index in [2.05, 4.69) is 184 Å². The van der Waals surface area contributed by atoms with E-state index < -0.39 is 0 Å². The van der Waals surface area contributed by atoms with Crippen molar-refractivity contribution in [2.45, 2.75) is 19.3 Å². The molecule has 4 aromatic heterocycles. The van der Waals surface area contributed by atoms with Gasteiger partial charge in [-0.15, -0.1) is 0 Å². The third-order valence-electron chi connectivity index (χ3n) is 13.2. The summed E-state index contributed by atoms with van der Waals surface area (Å²) in [5.41, 5.74) is 17.8. The van der Waals surface area contributed by atoms with Crippen molar-refractivity contribution in [1.29, 1.82) is 0 Å². The van der Waals surface area contributed by atoms with Crippen LogP contribution in [0.3, 0.4) is 0 Å². The second-order valence-corrected chi connectivity index (χ2v) is 17.1. The van der Waals surface area contributed by atoms with E-state index in [1.54, 1.807) is 0 Å². The number of fused-ring (bicyclic) bond motifs is 13. The van der Waals surface area contributed by atoms with Gasteiger partial charge in [0.1, 0.15) is 11.2 Å². The van der Waals surface area contributed by atoms with Gasteiger partial charge in [-0.2, -0.15) is 0 Å². The Labute approximate surface area is 357 Å². The van der Waals surface area contributed by atoms with Crippen LogP contribution >= 0.6 is 0 Å². The van der Waals surface area contributed by atoms with Gasteiger partial charge in [-0.3, -0.25) is 0 Å². The minimum absolute atomic E-state index is 0.135. The van der Waals surface area contributed by atoms with Gasteiger partial charge in [-0.25, -0.2) is 15.0 Å².